The molecule has 0 radical (unpaired) electrons. The third-order valence-electron chi connectivity index (χ3n) is 4.12. The number of thiazole rings is 1. The molecule has 1 N–H and O–H groups in total. The van der Waals surface area contributed by atoms with Gasteiger partial charge in [0.1, 0.15) is 5.01 Å². The van der Waals surface area contributed by atoms with Crippen molar-refractivity contribution in [3.63, 3.8) is 0 Å². The van der Waals surface area contributed by atoms with Crippen LogP contribution < -0.4 is 5.32 Å². The first-order valence-corrected chi connectivity index (χ1v) is 8.91. The molecule has 0 saturated heterocycles. The van der Waals surface area contributed by atoms with Crippen molar-refractivity contribution in [1.82, 2.24) is 10.3 Å². The van der Waals surface area contributed by atoms with E-state index in [2.05, 4.69) is 50.3 Å². The Kier molecular flexibility index (Phi) is 5.44. The van der Waals surface area contributed by atoms with Crippen LogP contribution in [0.2, 0.25) is 0 Å². The second kappa shape index (κ2) is 6.76. The first kappa shape index (κ1) is 16.9. The monoisotopic (exact) mass is 310 g/mol. The number of rotatable bonds is 5. The van der Waals surface area contributed by atoms with E-state index in [1.165, 1.54) is 25.7 Å². The third kappa shape index (κ3) is 6.05. The van der Waals surface area contributed by atoms with Gasteiger partial charge in [-0.05, 0) is 51.9 Å². The van der Waals surface area contributed by atoms with Gasteiger partial charge < -0.3 is 10.1 Å². The summed E-state index contributed by atoms with van der Waals surface area (Å²) in [4.78, 5) is 4.66. The van der Waals surface area contributed by atoms with Crippen molar-refractivity contribution in [2.45, 2.75) is 85.1 Å². The van der Waals surface area contributed by atoms with E-state index < -0.39 is 0 Å². The van der Waals surface area contributed by atoms with Crippen molar-refractivity contribution in [1.29, 1.82) is 0 Å². The number of hydrogen-bond acceptors (Lipinski definition) is 4. The highest BCUT2D eigenvalue weighted by Crippen LogP contribution is 2.36. The van der Waals surface area contributed by atoms with E-state index in [-0.39, 0.29) is 5.54 Å². The molecule has 4 heteroatoms. The molecule has 3 nitrogen and oxygen atoms in total. The molecule has 0 aliphatic heterocycles. The predicted molar refractivity (Wildman–Crippen MR) is 89.5 cm³/mol. The van der Waals surface area contributed by atoms with Gasteiger partial charge in [0.15, 0.2) is 0 Å². The molecule has 0 bridgehead atoms. The van der Waals surface area contributed by atoms with Crippen molar-refractivity contribution in [2.24, 2.45) is 5.41 Å². The molecule has 1 aromatic heterocycles. The Balaban J connectivity index is 1.73. The highest BCUT2D eigenvalue weighted by Gasteiger charge is 2.27. The van der Waals surface area contributed by atoms with Crippen molar-refractivity contribution in [3.8, 4) is 0 Å². The summed E-state index contributed by atoms with van der Waals surface area (Å²) in [5, 5.41) is 6.75. The third-order valence-corrected chi connectivity index (χ3v) is 5.02. The highest BCUT2D eigenvalue weighted by atomic mass is 32.1. The van der Waals surface area contributed by atoms with Crippen LogP contribution in [0.3, 0.4) is 0 Å². The standard InChI is InChI=1S/C17H30N2OS/c1-16(2,3)18-10-15-19-13(12-21-15)11-20-14-6-8-17(4,5)9-7-14/h12,14,18H,6-11H2,1-5H3. The molecular weight excluding hydrogens is 280 g/mol. The van der Waals surface area contributed by atoms with Crippen LogP contribution >= 0.6 is 11.3 Å². The number of hydrogen-bond donors (Lipinski definition) is 1. The minimum absolute atomic E-state index is 0.136. The van der Waals surface area contributed by atoms with E-state index in [4.69, 9.17) is 4.74 Å². The molecule has 1 aromatic rings. The zero-order chi connectivity index (χ0) is 15.5. The van der Waals surface area contributed by atoms with Crippen LogP contribution in [-0.2, 0) is 17.9 Å². The summed E-state index contributed by atoms with van der Waals surface area (Å²) < 4.78 is 6.04. The lowest BCUT2D eigenvalue weighted by atomic mass is 9.76. The molecule has 1 fully saturated rings. The molecule has 0 amide bonds. The minimum atomic E-state index is 0.136. The number of aromatic nitrogens is 1. The van der Waals surface area contributed by atoms with E-state index in [1.54, 1.807) is 11.3 Å². The summed E-state index contributed by atoms with van der Waals surface area (Å²) in [6.07, 6.45) is 5.35. The van der Waals surface area contributed by atoms with Crippen LogP contribution in [0.15, 0.2) is 5.38 Å². The fraction of sp³-hybridized carbons (Fsp3) is 0.824. The maximum atomic E-state index is 6.04. The molecule has 1 aliphatic carbocycles. The second-order valence-corrected chi connectivity index (χ2v) is 8.95. The molecule has 1 aliphatic rings. The van der Waals surface area contributed by atoms with Gasteiger partial charge in [0.25, 0.3) is 0 Å². The Hall–Kier alpha value is -0.450. The van der Waals surface area contributed by atoms with E-state index in [1.807, 2.05) is 0 Å². The van der Waals surface area contributed by atoms with Gasteiger partial charge in [-0.25, -0.2) is 4.98 Å². The Labute approximate surface area is 133 Å². The van der Waals surface area contributed by atoms with Crippen LogP contribution in [-0.4, -0.2) is 16.6 Å². The van der Waals surface area contributed by atoms with Gasteiger partial charge in [-0.15, -0.1) is 11.3 Å². The lowest BCUT2D eigenvalue weighted by Crippen LogP contribution is -2.35. The fourth-order valence-electron chi connectivity index (χ4n) is 2.58. The Morgan fingerprint density at radius 1 is 1.33 bits per heavy atom. The quantitative estimate of drug-likeness (QED) is 0.868. The van der Waals surface area contributed by atoms with Crippen molar-refractivity contribution >= 4 is 11.3 Å². The molecule has 0 aromatic carbocycles. The van der Waals surface area contributed by atoms with Gasteiger partial charge in [-0.1, -0.05) is 13.8 Å². The van der Waals surface area contributed by atoms with Crippen LogP contribution in [0.1, 0.15) is 71.0 Å². The zero-order valence-corrected chi connectivity index (χ0v) is 15.0. The van der Waals surface area contributed by atoms with Crippen LogP contribution in [0.4, 0.5) is 0 Å². The molecule has 2 rings (SSSR count). The average molecular weight is 311 g/mol. The molecule has 120 valence electrons. The van der Waals surface area contributed by atoms with Gasteiger partial charge in [-0.3, -0.25) is 0 Å². The highest BCUT2D eigenvalue weighted by molar-refractivity contribution is 7.09. The van der Waals surface area contributed by atoms with Crippen molar-refractivity contribution in [2.75, 3.05) is 0 Å². The summed E-state index contributed by atoms with van der Waals surface area (Å²) in [6, 6.07) is 0. The number of nitrogens with one attached hydrogen (secondary N) is 1. The Bertz CT molecular complexity index is 438. The molecule has 1 heterocycles. The van der Waals surface area contributed by atoms with E-state index >= 15 is 0 Å². The fourth-order valence-corrected chi connectivity index (χ4v) is 3.30. The summed E-state index contributed by atoms with van der Waals surface area (Å²) in [6.45, 7) is 12.7. The van der Waals surface area contributed by atoms with Crippen molar-refractivity contribution in [3.05, 3.63) is 16.1 Å². The average Bonchev–Trinajstić information content (AvgIpc) is 2.82. The van der Waals surface area contributed by atoms with Crippen LogP contribution in [0, 0.1) is 5.41 Å². The van der Waals surface area contributed by atoms with Gasteiger partial charge in [0, 0.05) is 17.5 Å². The van der Waals surface area contributed by atoms with Crippen LogP contribution in [0.5, 0.6) is 0 Å². The van der Waals surface area contributed by atoms with Gasteiger partial charge >= 0.3 is 0 Å². The summed E-state index contributed by atoms with van der Waals surface area (Å²) >= 11 is 1.72. The smallest absolute Gasteiger partial charge is 0.107 e. The van der Waals surface area contributed by atoms with E-state index in [0.29, 0.717) is 18.1 Å². The number of ether oxygens (including phenoxy) is 1. The summed E-state index contributed by atoms with van der Waals surface area (Å²) in [7, 11) is 0. The Morgan fingerprint density at radius 3 is 2.62 bits per heavy atom. The largest absolute Gasteiger partial charge is 0.372 e. The first-order chi connectivity index (χ1) is 9.73. The molecule has 0 spiro atoms. The molecule has 21 heavy (non-hydrogen) atoms. The van der Waals surface area contributed by atoms with E-state index in [0.717, 1.165) is 17.2 Å². The lowest BCUT2D eigenvalue weighted by molar-refractivity contribution is -0.00674. The van der Waals surface area contributed by atoms with Crippen molar-refractivity contribution < 1.29 is 4.74 Å². The SMILES string of the molecule is CC1(C)CCC(OCc2csc(CNC(C)(C)C)n2)CC1. The van der Waals surface area contributed by atoms with Gasteiger partial charge in [0.2, 0.25) is 0 Å². The zero-order valence-electron chi connectivity index (χ0n) is 14.2. The molecule has 1 saturated carbocycles. The second-order valence-electron chi connectivity index (χ2n) is 8.01. The lowest BCUT2D eigenvalue weighted by Gasteiger charge is -2.34. The minimum Gasteiger partial charge on any atom is -0.372 e. The molecular formula is C17H30N2OS. The summed E-state index contributed by atoms with van der Waals surface area (Å²) in [5.74, 6) is 0. The van der Waals surface area contributed by atoms with Gasteiger partial charge in [-0.2, -0.15) is 0 Å². The van der Waals surface area contributed by atoms with Crippen LogP contribution in [0.25, 0.3) is 0 Å². The molecule has 0 unspecified atom stereocenters. The Morgan fingerprint density at radius 2 is 2.00 bits per heavy atom. The normalized spacial score (nSPS) is 19.9. The maximum absolute atomic E-state index is 6.04. The predicted octanol–water partition coefficient (Wildman–Crippen LogP) is 4.52. The number of nitrogens with zero attached hydrogens (tertiary/aromatic N) is 1. The topological polar surface area (TPSA) is 34.1 Å². The maximum Gasteiger partial charge on any atom is 0.107 e. The first-order valence-electron chi connectivity index (χ1n) is 8.03. The van der Waals surface area contributed by atoms with Gasteiger partial charge in [0.05, 0.1) is 18.4 Å². The molecule has 0 atom stereocenters. The summed E-state index contributed by atoms with van der Waals surface area (Å²) in [5.41, 5.74) is 1.72. The van der Waals surface area contributed by atoms with E-state index in [9.17, 15) is 0 Å².